The SMILES string of the molecule is COC1CCC23CC[C@@H](C)[C@](C)(C12)[C@H](OC(=O)NC(=O)[C@H]1CN2CC[C@@H]1C2)C[C@@](C)(/C=C\F)C(=O)[C@@H]3C. The van der Waals surface area contributed by atoms with Crippen LogP contribution >= 0.6 is 0 Å². The lowest BCUT2D eigenvalue weighted by atomic mass is 9.44. The highest BCUT2D eigenvalue weighted by Gasteiger charge is 2.68. The summed E-state index contributed by atoms with van der Waals surface area (Å²) >= 11 is 0. The fraction of sp³-hybridized carbons (Fsp3) is 0.828. The smallest absolute Gasteiger partial charge is 0.414 e. The summed E-state index contributed by atoms with van der Waals surface area (Å²) < 4.78 is 25.9. The zero-order valence-corrected chi connectivity index (χ0v) is 22.9. The van der Waals surface area contributed by atoms with Gasteiger partial charge < -0.3 is 14.4 Å². The Hall–Kier alpha value is -1.80. The van der Waals surface area contributed by atoms with E-state index < -0.39 is 23.0 Å². The third kappa shape index (κ3) is 4.00. The van der Waals surface area contributed by atoms with Gasteiger partial charge in [-0.2, -0.15) is 0 Å². The van der Waals surface area contributed by atoms with Gasteiger partial charge in [0.15, 0.2) is 0 Å². The molecule has 37 heavy (non-hydrogen) atoms. The number of hydrogen-bond donors (Lipinski definition) is 1. The summed E-state index contributed by atoms with van der Waals surface area (Å²) in [5.41, 5.74) is -1.92. The first-order valence-electron chi connectivity index (χ1n) is 14.1. The second-order valence-electron chi connectivity index (χ2n) is 13.1. The number of alkyl carbamates (subject to hydrolysis) is 1. The number of methoxy groups -OCH3 is 1. The van der Waals surface area contributed by atoms with Crippen LogP contribution in [0.25, 0.3) is 0 Å². The van der Waals surface area contributed by atoms with Crippen molar-refractivity contribution in [3.8, 4) is 0 Å². The molecule has 0 spiro atoms. The zero-order chi connectivity index (χ0) is 26.8. The van der Waals surface area contributed by atoms with E-state index in [1.807, 2.05) is 6.92 Å². The molecule has 11 atom stereocenters. The molecule has 0 aromatic rings. The van der Waals surface area contributed by atoms with Crippen LogP contribution in [0.15, 0.2) is 12.4 Å². The van der Waals surface area contributed by atoms with Gasteiger partial charge in [-0.15, -0.1) is 0 Å². The summed E-state index contributed by atoms with van der Waals surface area (Å²) in [6, 6.07) is 0. The number of halogens is 1. The third-order valence-corrected chi connectivity index (χ3v) is 11.7. The third-order valence-electron chi connectivity index (χ3n) is 11.7. The highest BCUT2D eigenvalue weighted by atomic mass is 19.1. The Kier molecular flexibility index (Phi) is 6.83. The standard InChI is InChI=1S/C29H43FN2O5/c1-17-6-9-29-10-7-21(36-5)23(29)28(17,4)22(14-27(3,11-12-30)24(33)18(29)2)37-26(35)31-25(34)20-16-32-13-8-19(20)15-32/h11-12,17-23H,6-10,13-16H2,1-5H3,(H,31,34,35)/b12-11-/t17-,18+,19-,20+,21?,22-,23?,27-,28+,29?/m1/s1. The molecule has 2 saturated heterocycles. The van der Waals surface area contributed by atoms with Gasteiger partial charge in [0, 0.05) is 43.9 Å². The summed E-state index contributed by atoms with van der Waals surface area (Å²) in [5.74, 6) is -0.290. The molecule has 0 aromatic carbocycles. The second-order valence-corrected chi connectivity index (χ2v) is 13.1. The van der Waals surface area contributed by atoms with Crippen molar-refractivity contribution in [2.45, 2.75) is 78.4 Å². The van der Waals surface area contributed by atoms with Gasteiger partial charge in [0.2, 0.25) is 5.91 Å². The average molecular weight is 519 g/mol. The minimum atomic E-state index is -1.12. The highest BCUT2D eigenvalue weighted by Crippen LogP contribution is 2.68. The molecule has 0 aromatic heterocycles. The van der Waals surface area contributed by atoms with Gasteiger partial charge in [-0.1, -0.05) is 20.8 Å². The first-order valence-corrected chi connectivity index (χ1v) is 14.1. The van der Waals surface area contributed by atoms with Crippen molar-refractivity contribution in [3.63, 3.8) is 0 Å². The van der Waals surface area contributed by atoms with E-state index in [2.05, 4.69) is 24.1 Å². The van der Waals surface area contributed by atoms with Crippen LogP contribution in [0.1, 0.15) is 66.2 Å². The molecule has 5 rings (SSSR count). The molecule has 2 heterocycles. The van der Waals surface area contributed by atoms with E-state index in [1.165, 1.54) is 6.08 Å². The minimum absolute atomic E-state index is 0.0125. The van der Waals surface area contributed by atoms with Gasteiger partial charge in [-0.25, -0.2) is 9.18 Å². The van der Waals surface area contributed by atoms with Crippen molar-refractivity contribution in [3.05, 3.63) is 12.4 Å². The number of Topliss-reactive ketones (excluding diaryl/α,β-unsaturated/α-hetero) is 1. The average Bonchev–Trinajstić information content (AvgIpc) is 3.59. The van der Waals surface area contributed by atoms with Crippen molar-refractivity contribution >= 4 is 17.8 Å². The van der Waals surface area contributed by atoms with Crippen LogP contribution in [-0.4, -0.2) is 61.6 Å². The number of nitrogens with one attached hydrogen (secondary N) is 1. The van der Waals surface area contributed by atoms with E-state index in [9.17, 15) is 18.8 Å². The summed E-state index contributed by atoms with van der Waals surface area (Å²) in [6.45, 7) is 10.7. The lowest BCUT2D eigenvalue weighted by Gasteiger charge is -2.61. The number of amides is 2. The maximum absolute atomic E-state index is 14.0. The molecule has 2 aliphatic heterocycles. The minimum Gasteiger partial charge on any atom is -0.445 e. The van der Waals surface area contributed by atoms with Crippen LogP contribution in [-0.2, 0) is 19.1 Å². The first-order chi connectivity index (χ1) is 17.5. The van der Waals surface area contributed by atoms with Crippen LogP contribution in [0.3, 0.4) is 0 Å². The normalized spacial score (nSPS) is 49.0. The van der Waals surface area contributed by atoms with Crippen molar-refractivity contribution in [1.82, 2.24) is 10.2 Å². The molecule has 4 bridgehead atoms. The maximum atomic E-state index is 14.0. The number of ether oxygens (including phenoxy) is 2. The monoisotopic (exact) mass is 518 g/mol. The number of carbonyl (C=O) groups excluding carboxylic acids is 3. The lowest BCUT2D eigenvalue weighted by Crippen LogP contribution is -2.63. The van der Waals surface area contributed by atoms with Crippen molar-refractivity contribution in [2.24, 2.45) is 45.8 Å². The molecule has 8 heteroatoms. The number of hydrogen-bond acceptors (Lipinski definition) is 6. The van der Waals surface area contributed by atoms with Crippen LogP contribution in [0, 0.1) is 45.8 Å². The molecule has 2 amide bonds. The number of ketones is 1. The van der Waals surface area contributed by atoms with E-state index in [0.29, 0.717) is 12.9 Å². The Labute approximate surface area is 219 Å². The number of piperidine rings is 1. The van der Waals surface area contributed by atoms with E-state index in [0.717, 1.165) is 45.2 Å². The van der Waals surface area contributed by atoms with Gasteiger partial charge in [0.25, 0.3) is 0 Å². The van der Waals surface area contributed by atoms with E-state index >= 15 is 0 Å². The highest BCUT2D eigenvalue weighted by molar-refractivity contribution is 5.94. The van der Waals surface area contributed by atoms with Crippen LogP contribution in [0.4, 0.5) is 9.18 Å². The van der Waals surface area contributed by atoms with Crippen LogP contribution in [0.2, 0.25) is 0 Å². The maximum Gasteiger partial charge on any atom is 0.414 e. The molecule has 4 unspecified atom stereocenters. The van der Waals surface area contributed by atoms with Crippen molar-refractivity contribution in [2.75, 3.05) is 26.7 Å². The van der Waals surface area contributed by atoms with Gasteiger partial charge in [0.1, 0.15) is 11.9 Å². The summed E-state index contributed by atoms with van der Waals surface area (Å²) in [4.78, 5) is 42.5. The molecule has 5 fully saturated rings. The predicted octanol–water partition coefficient (Wildman–Crippen LogP) is 4.51. The number of rotatable bonds is 4. The Bertz CT molecular complexity index is 987. The second kappa shape index (κ2) is 9.44. The van der Waals surface area contributed by atoms with Gasteiger partial charge in [0.05, 0.1) is 23.8 Å². The van der Waals surface area contributed by atoms with Crippen LogP contribution < -0.4 is 5.32 Å². The van der Waals surface area contributed by atoms with E-state index in [1.54, 1.807) is 14.0 Å². The van der Waals surface area contributed by atoms with Crippen molar-refractivity contribution in [1.29, 1.82) is 0 Å². The number of nitrogens with zero attached hydrogens (tertiary/aromatic N) is 1. The Morgan fingerprint density at radius 3 is 2.49 bits per heavy atom. The molecule has 0 radical (unpaired) electrons. The first kappa shape index (κ1) is 26.8. The molecule has 7 nitrogen and oxygen atoms in total. The summed E-state index contributed by atoms with van der Waals surface area (Å²) in [7, 11) is 1.72. The van der Waals surface area contributed by atoms with Crippen LogP contribution in [0.5, 0.6) is 0 Å². The number of allylic oxidation sites excluding steroid dienone is 1. The fourth-order valence-electron chi connectivity index (χ4n) is 9.33. The molecule has 5 aliphatic rings. The Morgan fingerprint density at radius 1 is 1.14 bits per heavy atom. The largest absolute Gasteiger partial charge is 0.445 e. The van der Waals surface area contributed by atoms with Gasteiger partial charge in [-0.3, -0.25) is 14.9 Å². The molecular formula is C29H43FN2O5. The zero-order valence-electron chi connectivity index (χ0n) is 22.9. The number of fused-ring (bicyclic) bond motifs is 2. The van der Waals surface area contributed by atoms with Gasteiger partial charge in [-0.05, 0) is 68.9 Å². The number of carbonyl (C=O) groups is 3. The topological polar surface area (TPSA) is 84.9 Å². The quantitative estimate of drug-likeness (QED) is 0.590. The molecule has 206 valence electrons. The Morgan fingerprint density at radius 2 is 1.86 bits per heavy atom. The fourth-order valence-corrected chi connectivity index (χ4v) is 9.33. The van der Waals surface area contributed by atoms with E-state index in [4.69, 9.17) is 9.47 Å². The number of imide groups is 1. The molecule has 3 aliphatic carbocycles. The molecule has 3 saturated carbocycles. The molecule has 1 N–H and O–H groups in total. The predicted molar refractivity (Wildman–Crippen MR) is 136 cm³/mol. The Balaban J connectivity index is 1.49. The summed E-state index contributed by atoms with van der Waals surface area (Å²) in [6.07, 6.45) is 4.93. The summed E-state index contributed by atoms with van der Waals surface area (Å²) in [5, 5.41) is 2.52. The van der Waals surface area contributed by atoms with Crippen molar-refractivity contribution < 1.29 is 28.2 Å². The van der Waals surface area contributed by atoms with Gasteiger partial charge >= 0.3 is 6.09 Å². The molecular weight excluding hydrogens is 475 g/mol. The lowest BCUT2D eigenvalue weighted by molar-refractivity contribution is -0.189. The van der Waals surface area contributed by atoms with E-state index in [-0.39, 0.29) is 59.2 Å².